The average Bonchev–Trinajstić information content (AvgIpc) is 2.45. The van der Waals surface area contributed by atoms with Gasteiger partial charge in [-0.05, 0) is 12.0 Å². The van der Waals surface area contributed by atoms with Crippen LogP contribution in [0.15, 0.2) is 48.9 Å². The fourth-order valence-electron chi connectivity index (χ4n) is 1.60. The first-order valence-corrected chi connectivity index (χ1v) is 5.90. The lowest BCUT2D eigenvalue weighted by molar-refractivity contribution is -0.121. The molecule has 92 valence electrons. The molecule has 2 rings (SSSR count). The Morgan fingerprint density at radius 3 is 2.72 bits per heavy atom. The fraction of sp³-hybridized carbons (Fsp3) is 0.214. The van der Waals surface area contributed by atoms with Gasteiger partial charge in [0.25, 0.3) is 0 Å². The van der Waals surface area contributed by atoms with Crippen LogP contribution in [0.1, 0.15) is 17.7 Å². The molecule has 2 aromatic rings. The molecule has 4 nitrogen and oxygen atoms in total. The standard InChI is InChI=1S/C14H15N3O/c18-14(7-6-12-4-2-1-3-5-12)17-11-13-10-15-8-9-16-13/h1-5,8-10H,6-7,11H2,(H,17,18). The topological polar surface area (TPSA) is 54.9 Å². The minimum atomic E-state index is 0.0320. The Morgan fingerprint density at radius 2 is 2.00 bits per heavy atom. The van der Waals surface area contributed by atoms with Crippen LogP contribution in [0.3, 0.4) is 0 Å². The van der Waals surface area contributed by atoms with Crippen molar-refractivity contribution in [2.24, 2.45) is 0 Å². The maximum atomic E-state index is 11.6. The summed E-state index contributed by atoms with van der Waals surface area (Å²) in [6, 6.07) is 9.98. The monoisotopic (exact) mass is 241 g/mol. The summed E-state index contributed by atoms with van der Waals surface area (Å²) in [5.41, 5.74) is 1.94. The predicted octanol–water partition coefficient (Wildman–Crippen LogP) is 1.73. The molecule has 1 N–H and O–H groups in total. The van der Waals surface area contributed by atoms with Crippen LogP contribution in [0.2, 0.25) is 0 Å². The van der Waals surface area contributed by atoms with Crippen LogP contribution >= 0.6 is 0 Å². The summed E-state index contributed by atoms with van der Waals surface area (Å²) < 4.78 is 0. The summed E-state index contributed by atoms with van der Waals surface area (Å²) in [6.45, 7) is 0.432. The molecule has 0 unspecified atom stereocenters. The molecule has 0 spiro atoms. The van der Waals surface area contributed by atoms with Crippen LogP contribution < -0.4 is 5.32 Å². The largest absolute Gasteiger partial charge is 0.350 e. The molecular weight excluding hydrogens is 226 g/mol. The van der Waals surface area contributed by atoms with Crippen molar-refractivity contribution in [2.45, 2.75) is 19.4 Å². The number of hydrogen-bond donors (Lipinski definition) is 1. The second kappa shape index (κ2) is 6.49. The maximum Gasteiger partial charge on any atom is 0.220 e. The number of nitrogens with zero attached hydrogens (tertiary/aromatic N) is 2. The molecular formula is C14H15N3O. The number of benzene rings is 1. The van der Waals surface area contributed by atoms with E-state index in [1.54, 1.807) is 18.6 Å². The third-order valence-electron chi connectivity index (χ3n) is 2.57. The molecule has 0 bridgehead atoms. The number of carbonyl (C=O) groups is 1. The van der Waals surface area contributed by atoms with Crippen LogP contribution in [-0.4, -0.2) is 15.9 Å². The van der Waals surface area contributed by atoms with Crippen molar-refractivity contribution < 1.29 is 4.79 Å². The quantitative estimate of drug-likeness (QED) is 0.867. The minimum absolute atomic E-state index is 0.0320. The van der Waals surface area contributed by atoms with Crippen molar-refractivity contribution in [1.82, 2.24) is 15.3 Å². The predicted molar refractivity (Wildman–Crippen MR) is 68.6 cm³/mol. The van der Waals surface area contributed by atoms with Gasteiger partial charge in [0.05, 0.1) is 18.4 Å². The molecule has 0 aliphatic carbocycles. The second-order valence-corrected chi connectivity index (χ2v) is 3.96. The highest BCUT2D eigenvalue weighted by Gasteiger charge is 2.02. The first-order chi connectivity index (χ1) is 8.84. The van der Waals surface area contributed by atoms with Crippen molar-refractivity contribution >= 4 is 5.91 Å². The molecule has 1 heterocycles. The smallest absolute Gasteiger partial charge is 0.220 e. The minimum Gasteiger partial charge on any atom is -0.350 e. The van der Waals surface area contributed by atoms with Crippen molar-refractivity contribution in [2.75, 3.05) is 0 Å². The van der Waals surface area contributed by atoms with Crippen LogP contribution in [0.4, 0.5) is 0 Å². The van der Waals surface area contributed by atoms with E-state index in [2.05, 4.69) is 15.3 Å². The van der Waals surface area contributed by atoms with E-state index in [-0.39, 0.29) is 5.91 Å². The number of aromatic nitrogens is 2. The Balaban J connectivity index is 1.73. The third kappa shape index (κ3) is 3.97. The van der Waals surface area contributed by atoms with Gasteiger partial charge in [0.1, 0.15) is 0 Å². The van der Waals surface area contributed by atoms with Gasteiger partial charge < -0.3 is 5.32 Å². The number of hydrogen-bond acceptors (Lipinski definition) is 3. The van der Waals surface area contributed by atoms with E-state index in [1.807, 2.05) is 30.3 Å². The Bertz CT molecular complexity index is 439. The summed E-state index contributed by atoms with van der Waals surface area (Å²) in [5.74, 6) is 0.0320. The van der Waals surface area contributed by atoms with E-state index < -0.39 is 0 Å². The Labute approximate surface area is 106 Å². The lowest BCUT2D eigenvalue weighted by Crippen LogP contribution is -2.23. The number of nitrogens with one attached hydrogen (secondary N) is 1. The molecule has 0 saturated carbocycles. The third-order valence-corrected chi connectivity index (χ3v) is 2.57. The highest BCUT2D eigenvalue weighted by Crippen LogP contribution is 2.02. The lowest BCUT2D eigenvalue weighted by Gasteiger charge is -2.04. The highest BCUT2D eigenvalue weighted by molar-refractivity contribution is 5.76. The Hall–Kier alpha value is -2.23. The molecule has 0 fully saturated rings. The molecule has 0 aliphatic heterocycles. The summed E-state index contributed by atoms with van der Waals surface area (Å²) in [7, 11) is 0. The van der Waals surface area contributed by atoms with Gasteiger partial charge in [-0.2, -0.15) is 0 Å². The second-order valence-electron chi connectivity index (χ2n) is 3.96. The van der Waals surface area contributed by atoms with Crippen molar-refractivity contribution in [1.29, 1.82) is 0 Å². The zero-order chi connectivity index (χ0) is 12.6. The van der Waals surface area contributed by atoms with Crippen LogP contribution in [0.5, 0.6) is 0 Å². The molecule has 1 amide bonds. The zero-order valence-corrected chi connectivity index (χ0v) is 10.0. The molecule has 0 saturated heterocycles. The number of carbonyl (C=O) groups excluding carboxylic acids is 1. The SMILES string of the molecule is O=C(CCc1ccccc1)NCc1cnccn1. The van der Waals surface area contributed by atoms with Crippen molar-refractivity contribution in [3.05, 3.63) is 60.2 Å². The van der Waals surface area contributed by atoms with E-state index in [1.165, 1.54) is 5.56 Å². The maximum absolute atomic E-state index is 11.6. The molecule has 4 heteroatoms. The van der Waals surface area contributed by atoms with Gasteiger partial charge in [0.15, 0.2) is 0 Å². The van der Waals surface area contributed by atoms with Crippen molar-refractivity contribution in [3.63, 3.8) is 0 Å². The summed E-state index contributed by atoms with van der Waals surface area (Å²) >= 11 is 0. The highest BCUT2D eigenvalue weighted by atomic mass is 16.1. The van der Waals surface area contributed by atoms with Crippen molar-refractivity contribution in [3.8, 4) is 0 Å². The number of aryl methyl sites for hydroxylation is 1. The fourth-order valence-corrected chi connectivity index (χ4v) is 1.60. The zero-order valence-electron chi connectivity index (χ0n) is 10.0. The van der Waals surface area contributed by atoms with E-state index in [0.29, 0.717) is 13.0 Å². The van der Waals surface area contributed by atoms with Gasteiger partial charge in [-0.15, -0.1) is 0 Å². The first kappa shape index (κ1) is 12.2. The van der Waals surface area contributed by atoms with E-state index in [4.69, 9.17) is 0 Å². The lowest BCUT2D eigenvalue weighted by atomic mass is 10.1. The number of amides is 1. The molecule has 18 heavy (non-hydrogen) atoms. The Kier molecular flexibility index (Phi) is 4.41. The normalized spacial score (nSPS) is 10.0. The van der Waals surface area contributed by atoms with Gasteiger partial charge >= 0.3 is 0 Å². The van der Waals surface area contributed by atoms with Gasteiger partial charge in [-0.3, -0.25) is 14.8 Å². The number of rotatable bonds is 5. The van der Waals surface area contributed by atoms with Crippen LogP contribution in [0.25, 0.3) is 0 Å². The van der Waals surface area contributed by atoms with Crippen LogP contribution in [0, 0.1) is 0 Å². The summed E-state index contributed by atoms with van der Waals surface area (Å²) in [5, 5.41) is 2.83. The summed E-state index contributed by atoms with van der Waals surface area (Å²) in [4.78, 5) is 19.7. The molecule has 1 aromatic carbocycles. The molecule has 0 radical (unpaired) electrons. The van der Waals surface area contributed by atoms with Crippen LogP contribution in [-0.2, 0) is 17.8 Å². The van der Waals surface area contributed by atoms with E-state index >= 15 is 0 Å². The molecule has 1 aromatic heterocycles. The Morgan fingerprint density at radius 1 is 1.17 bits per heavy atom. The molecule has 0 atom stereocenters. The van der Waals surface area contributed by atoms with E-state index in [9.17, 15) is 4.79 Å². The van der Waals surface area contributed by atoms with Gasteiger partial charge in [-0.25, -0.2) is 0 Å². The molecule has 0 aliphatic rings. The average molecular weight is 241 g/mol. The van der Waals surface area contributed by atoms with Gasteiger partial charge in [0.2, 0.25) is 5.91 Å². The summed E-state index contributed by atoms with van der Waals surface area (Å²) in [6.07, 6.45) is 6.13. The van der Waals surface area contributed by atoms with Gasteiger partial charge in [-0.1, -0.05) is 30.3 Å². The van der Waals surface area contributed by atoms with Gasteiger partial charge in [0, 0.05) is 18.8 Å². The first-order valence-electron chi connectivity index (χ1n) is 5.90. The van der Waals surface area contributed by atoms with E-state index in [0.717, 1.165) is 12.1 Å².